The Hall–Kier alpha value is -2.62. The molecule has 4 aromatic rings. The number of halogens is 1. The first-order valence-electron chi connectivity index (χ1n) is 9.02. The van der Waals surface area contributed by atoms with E-state index in [1.807, 2.05) is 30.3 Å². The molecule has 0 aliphatic rings. The van der Waals surface area contributed by atoms with E-state index in [1.165, 1.54) is 11.3 Å². The summed E-state index contributed by atoms with van der Waals surface area (Å²) in [6, 6.07) is 19.7. The van der Waals surface area contributed by atoms with Crippen molar-refractivity contribution >= 4 is 58.9 Å². The van der Waals surface area contributed by atoms with Gasteiger partial charge in [0.05, 0.1) is 10.6 Å². The van der Waals surface area contributed by atoms with E-state index < -0.39 is 9.84 Å². The SMILES string of the molecule is O=C(Nc1nnc(CCS(=O)(=O)c2ccc3ccccc3c2)s1)c1ccc(Br)cc1. The van der Waals surface area contributed by atoms with Gasteiger partial charge in [-0.05, 0) is 47.2 Å². The lowest BCUT2D eigenvalue weighted by Crippen LogP contribution is -2.11. The van der Waals surface area contributed by atoms with Crippen LogP contribution in [0.3, 0.4) is 0 Å². The highest BCUT2D eigenvalue weighted by molar-refractivity contribution is 9.10. The van der Waals surface area contributed by atoms with Crippen molar-refractivity contribution in [1.29, 1.82) is 0 Å². The van der Waals surface area contributed by atoms with Crippen LogP contribution in [-0.2, 0) is 16.3 Å². The summed E-state index contributed by atoms with van der Waals surface area (Å²) < 4.78 is 26.3. The number of amides is 1. The van der Waals surface area contributed by atoms with Crippen molar-refractivity contribution in [2.75, 3.05) is 11.1 Å². The van der Waals surface area contributed by atoms with Gasteiger partial charge in [-0.2, -0.15) is 0 Å². The topological polar surface area (TPSA) is 89.0 Å². The number of hydrogen-bond acceptors (Lipinski definition) is 6. The van der Waals surface area contributed by atoms with Crippen LogP contribution in [0.4, 0.5) is 5.13 Å². The van der Waals surface area contributed by atoms with Crippen molar-refractivity contribution in [2.24, 2.45) is 0 Å². The summed E-state index contributed by atoms with van der Waals surface area (Å²) in [4.78, 5) is 12.5. The molecule has 6 nitrogen and oxygen atoms in total. The number of sulfone groups is 1. The number of carbonyl (C=O) groups is 1. The first-order chi connectivity index (χ1) is 14.4. The van der Waals surface area contributed by atoms with Crippen LogP contribution >= 0.6 is 27.3 Å². The van der Waals surface area contributed by atoms with Gasteiger partial charge in [0.2, 0.25) is 5.13 Å². The van der Waals surface area contributed by atoms with Crippen LogP contribution < -0.4 is 5.32 Å². The van der Waals surface area contributed by atoms with Gasteiger partial charge in [-0.25, -0.2) is 8.42 Å². The molecule has 30 heavy (non-hydrogen) atoms. The molecule has 1 aromatic heterocycles. The first-order valence-corrected chi connectivity index (χ1v) is 12.3. The van der Waals surface area contributed by atoms with E-state index in [1.54, 1.807) is 36.4 Å². The molecule has 4 rings (SSSR count). The van der Waals surface area contributed by atoms with Gasteiger partial charge in [-0.1, -0.05) is 57.6 Å². The van der Waals surface area contributed by atoms with Gasteiger partial charge >= 0.3 is 0 Å². The predicted octanol–water partition coefficient (Wildman–Crippen LogP) is 4.72. The summed E-state index contributed by atoms with van der Waals surface area (Å²) in [5.41, 5.74) is 0.494. The third-order valence-electron chi connectivity index (χ3n) is 4.46. The summed E-state index contributed by atoms with van der Waals surface area (Å²) in [7, 11) is -3.46. The number of benzene rings is 3. The van der Waals surface area contributed by atoms with Crippen LogP contribution in [0.5, 0.6) is 0 Å². The number of rotatable bonds is 6. The fraction of sp³-hybridized carbons (Fsp3) is 0.0952. The number of aromatic nitrogens is 2. The summed E-state index contributed by atoms with van der Waals surface area (Å²) >= 11 is 4.50. The predicted molar refractivity (Wildman–Crippen MR) is 122 cm³/mol. The molecule has 0 saturated heterocycles. The van der Waals surface area contributed by atoms with E-state index in [2.05, 4.69) is 31.4 Å². The number of nitrogens with one attached hydrogen (secondary N) is 1. The fourth-order valence-corrected chi connectivity index (χ4v) is 5.28. The number of carbonyl (C=O) groups excluding carboxylic acids is 1. The minimum atomic E-state index is -3.46. The minimum absolute atomic E-state index is 0.0827. The van der Waals surface area contributed by atoms with Gasteiger partial charge < -0.3 is 0 Å². The lowest BCUT2D eigenvalue weighted by molar-refractivity contribution is 0.102. The monoisotopic (exact) mass is 501 g/mol. The fourth-order valence-electron chi connectivity index (χ4n) is 2.88. The van der Waals surface area contributed by atoms with E-state index in [0.29, 0.717) is 15.7 Å². The Morgan fingerprint density at radius 2 is 1.70 bits per heavy atom. The number of hydrogen-bond donors (Lipinski definition) is 1. The highest BCUT2D eigenvalue weighted by Crippen LogP contribution is 2.22. The summed E-state index contributed by atoms with van der Waals surface area (Å²) in [6.45, 7) is 0. The molecule has 3 aromatic carbocycles. The number of anilines is 1. The number of aryl methyl sites for hydroxylation is 1. The van der Waals surface area contributed by atoms with E-state index in [9.17, 15) is 13.2 Å². The molecule has 0 radical (unpaired) electrons. The van der Waals surface area contributed by atoms with Crippen molar-refractivity contribution in [3.8, 4) is 0 Å². The molecule has 0 aliphatic heterocycles. The van der Waals surface area contributed by atoms with Gasteiger partial charge in [-0.3, -0.25) is 10.1 Å². The Kier molecular flexibility index (Phi) is 5.94. The quantitative estimate of drug-likeness (QED) is 0.412. The van der Waals surface area contributed by atoms with Gasteiger partial charge in [0.25, 0.3) is 5.91 Å². The Bertz CT molecular complexity index is 1320. The third kappa shape index (κ3) is 4.75. The molecule has 152 valence electrons. The van der Waals surface area contributed by atoms with Gasteiger partial charge in [0.15, 0.2) is 9.84 Å². The number of nitrogens with zero attached hydrogens (tertiary/aromatic N) is 2. The maximum atomic E-state index is 12.7. The van der Waals surface area contributed by atoms with Crippen LogP contribution in [0, 0.1) is 0 Å². The van der Waals surface area contributed by atoms with Gasteiger partial charge in [0, 0.05) is 16.5 Å². The average Bonchev–Trinajstić information content (AvgIpc) is 3.20. The molecule has 1 amide bonds. The smallest absolute Gasteiger partial charge is 0.257 e. The Morgan fingerprint density at radius 3 is 2.47 bits per heavy atom. The van der Waals surface area contributed by atoms with Crippen molar-refractivity contribution < 1.29 is 13.2 Å². The van der Waals surface area contributed by atoms with Crippen molar-refractivity contribution in [3.63, 3.8) is 0 Å². The molecule has 0 atom stereocenters. The maximum absolute atomic E-state index is 12.7. The van der Waals surface area contributed by atoms with Crippen molar-refractivity contribution in [1.82, 2.24) is 10.2 Å². The first kappa shape index (κ1) is 20.6. The molecular formula is C21H16BrN3O3S2. The zero-order valence-electron chi connectivity index (χ0n) is 15.6. The summed E-state index contributed by atoms with van der Waals surface area (Å²) in [5.74, 6) is -0.380. The molecule has 0 saturated carbocycles. The highest BCUT2D eigenvalue weighted by atomic mass is 79.9. The average molecular weight is 502 g/mol. The molecule has 0 spiro atoms. The zero-order valence-corrected chi connectivity index (χ0v) is 18.8. The van der Waals surface area contributed by atoms with Gasteiger partial charge in [-0.15, -0.1) is 10.2 Å². The molecular weight excluding hydrogens is 486 g/mol. The Balaban J connectivity index is 1.41. The van der Waals surface area contributed by atoms with E-state index >= 15 is 0 Å². The lowest BCUT2D eigenvalue weighted by Gasteiger charge is -2.05. The second-order valence-electron chi connectivity index (χ2n) is 6.54. The second-order valence-corrected chi connectivity index (χ2v) is 10.6. The van der Waals surface area contributed by atoms with Crippen LogP contribution in [-0.4, -0.2) is 30.3 Å². The molecule has 1 heterocycles. The largest absolute Gasteiger partial charge is 0.296 e. The Labute approximate surface area is 186 Å². The zero-order chi connectivity index (χ0) is 21.1. The van der Waals surface area contributed by atoms with Crippen LogP contribution in [0.2, 0.25) is 0 Å². The third-order valence-corrected chi connectivity index (χ3v) is 7.60. The molecule has 9 heteroatoms. The molecule has 0 bridgehead atoms. The molecule has 0 fully saturated rings. The molecule has 0 unspecified atom stereocenters. The number of fused-ring (bicyclic) bond motifs is 1. The standard InChI is InChI=1S/C21H16BrN3O3S2/c22-17-8-5-15(6-9-17)20(26)23-21-25-24-19(29-21)11-12-30(27,28)18-10-7-14-3-1-2-4-16(14)13-18/h1-10,13H,11-12H2,(H,23,25,26). The minimum Gasteiger partial charge on any atom is -0.296 e. The van der Waals surface area contributed by atoms with E-state index in [4.69, 9.17) is 0 Å². The van der Waals surface area contributed by atoms with Crippen molar-refractivity contribution in [2.45, 2.75) is 11.3 Å². The lowest BCUT2D eigenvalue weighted by atomic mass is 10.1. The van der Waals surface area contributed by atoms with Crippen LogP contribution in [0.1, 0.15) is 15.4 Å². The normalized spacial score (nSPS) is 11.5. The second kappa shape index (κ2) is 8.63. The van der Waals surface area contributed by atoms with Crippen LogP contribution in [0.15, 0.2) is 76.1 Å². The highest BCUT2D eigenvalue weighted by Gasteiger charge is 2.17. The van der Waals surface area contributed by atoms with E-state index in [-0.39, 0.29) is 23.0 Å². The maximum Gasteiger partial charge on any atom is 0.257 e. The summed E-state index contributed by atoms with van der Waals surface area (Å²) in [6.07, 6.45) is 0.223. The molecule has 0 aliphatic carbocycles. The molecule has 1 N–H and O–H groups in total. The van der Waals surface area contributed by atoms with Crippen molar-refractivity contribution in [3.05, 3.63) is 81.8 Å². The van der Waals surface area contributed by atoms with Crippen LogP contribution in [0.25, 0.3) is 10.8 Å². The Morgan fingerprint density at radius 1 is 0.967 bits per heavy atom. The van der Waals surface area contributed by atoms with E-state index in [0.717, 1.165) is 15.2 Å². The summed E-state index contributed by atoms with van der Waals surface area (Å²) in [5, 5.41) is 13.4. The van der Waals surface area contributed by atoms with Gasteiger partial charge in [0.1, 0.15) is 5.01 Å².